The second-order valence-electron chi connectivity index (χ2n) is 2.71. The van der Waals surface area contributed by atoms with Crippen molar-refractivity contribution >= 4 is 16.6 Å². The molecule has 56 valence electrons. The molecule has 0 fully saturated rings. The lowest BCUT2D eigenvalue weighted by atomic mass is 10.2. The molecule has 1 heterocycles. The van der Waals surface area contributed by atoms with Crippen molar-refractivity contribution in [2.45, 2.75) is 0 Å². The highest BCUT2D eigenvalue weighted by atomic mass is 14.9. The SMILES string of the molecule is Cn1ccc2c(N)cccc21. The highest BCUT2D eigenvalue weighted by Crippen LogP contribution is 2.20. The fourth-order valence-corrected chi connectivity index (χ4v) is 1.33. The minimum Gasteiger partial charge on any atom is -0.398 e. The lowest BCUT2D eigenvalue weighted by Gasteiger charge is -1.96. The third-order valence-electron chi connectivity index (χ3n) is 1.96. The van der Waals surface area contributed by atoms with Gasteiger partial charge in [-0.25, -0.2) is 0 Å². The number of anilines is 1. The predicted octanol–water partition coefficient (Wildman–Crippen LogP) is 1.76. The maximum Gasteiger partial charge on any atom is 0.0498 e. The van der Waals surface area contributed by atoms with E-state index in [1.807, 2.05) is 31.4 Å². The third-order valence-corrected chi connectivity index (χ3v) is 1.96. The lowest BCUT2D eigenvalue weighted by molar-refractivity contribution is 0.969. The molecule has 0 saturated carbocycles. The molecule has 0 radical (unpaired) electrons. The van der Waals surface area contributed by atoms with Crippen LogP contribution in [0.25, 0.3) is 10.9 Å². The Balaban J connectivity index is 2.94. The van der Waals surface area contributed by atoms with Crippen molar-refractivity contribution in [1.82, 2.24) is 4.57 Å². The van der Waals surface area contributed by atoms with E-state index in [-0.39, 0.29) is 0 Å². The largest absolute Gasteiger partial charge is 0.398 e. The fourth-order valence-electron chi connectivity index (χ4n) is 1.33. The first-order valence-electron chi connectivity index (χ1n) is 3.58. The maximum absolute atomic E-state index is 5.76. The molecule has 2 nitrogen and oxygen atoms in total. The number of rotatable bonds is 0. The zero-order valence-electron chi connectivity index (χ0n) is 6.41. The van der Waals surface area contributed by atoms with Crippen LogP contribution in [0.1, 0.15) is 0 Å². The highest BCUT2D eigenvalue weighted by molar-refractivity contribution is 5.91. The van der Waals surface area contributed by atoms with Gasteiger partial charge in [0.15, 0.2) is 0 Å². The molecule has 0 unspecified atom stereocenters. The molecular formula is C9H10N2. The van der Waals surface area contributed by atoms with Gasteiger partial charge in [-0.05, 0) is 18.2 Å². The highest BCUT2D eigenvalue weighted by Gasteiger charge is 1.98. The van der Waals surface area contributed by atoms with Crippen LogP contribution in [0.2, 0.25) is 0 Å². The first-order valence-corrected chi connectivity index (χ1v) is 3.58. The van der Waals surface area contributed by atoms with Gasteiger partial charge in [-0.1, -0.05) is 6.07 Å². The van der Waals surface area contributed by atoms with E-state index >= 15 is 0 Å². The van der Waals surface area contributed by atoms with Gasteiger partial charge in [-0.15, -0.1) is 0 Å². The summed E-state index contributed by atoms with van der Waals surface area (Å²) in [5.41, 5.74) is 7.79. The molecule has 0 atom stereocenters. The van der Waals surface area contributed by atoms with Gasteiger partial charge in [-0.2, -0.15) is 0 Å². The van der Waals surface area contributed by atoms with E-state index in [9.17, 15) is 0 Å². The van der Waals surface area contributed by atoms with Crippen molar-refractivity contribution in [1.29, 1.82) is 0 Å². The minimum atomic E-state index is 0.850. The van der Waals surface area contributed by atoms with Gasteiger partial charge >= 0.3 is 0 Å². The molecule has 0 amide bonds. The summed E-state index contributed by atoms with van der Waals surface area (Å²) in [6, 6.07) is 7.98. The summed E-state index contributed by atoms with van der Waals surface area (Å²) in [4.78, 5) is 0. The van der Waals surface area contributed by atoms with Gasteiger partial charge in [0.25, 0.3) is 0 Å². The molecule has 1 aromatic heterocycles. The van der Waals surface area contributed by atoms with Crippen LogP contribution in [0, 0.1) is 0 Å². The minimum absolute atomic E-state index is 0.850. The normalized spacial score (nSPS) is 10.6. The third kappa shape index (κ3) is 0.792. The first-order chi connectivity index (χ1) is 5.29. The summed E-state index contributed by atoms with van der Waals surface area (Å²) < 4.78 is 2.06. The van der Waals surface area contributed by atoms with Crippen LogP contribution < -0.4 is 5.73 Å². The van der Waals surface area contributed by atoms with E-state index in [0.29, 0.717) is 0 Å². The van der Waals surface area contributed by atoms with Gasteiger partial charge in [0, 0.05) is 29.8 Å². The lowest BCUT2D eigenvalue weighted by Crippen LogP contribution is -1.86. The monoisotopic (exact) mass is 146 g/mol. The van der Waals surface area contributed by atoms with Gasteiger partial charge in [-0.3, -0.25) is 0 Å². The molecule has 0 aliphatic heterocycles. The molecule has 1 aromatic carbocycles. The molecular weight excluding hydrogens is 136 g/mol. The second-order valence-corrected chi connectivity index (χ2v) is 2.71. The average Bonchev–Trinajstić information content (AvgIpc) is 2.35. The van der Waals surface area contributed by atoms with Gasteiger partial charge in [0.05, 0.1) is 0 Å². The Morgan fingerprint density at radius 1 is 1.27 bits per heavy atom. The van der Waals surface area contributed by atoms with Crippen LogP contribution in [-0.2, 0) is 7.05 Å². The van der Waals surface area contributed by atoms with Gasteiger partial charge < -0.3 is 10.3 Å². The summed E-state index contributed by atoms with van der Waals surface area (Å²) in [7, 11) is 2.02. The van der Waals surface area contributed by atoms with Crippen molar-refractivity contribution in [3.05, 3.63) is 30.5 Å². The van der Waals surface area contributed by atoms with Crippen LogP contribution in [0.3, 0.4) is 0 Å². The number of nitrogens with two attached hydrogens (primary N) is 1. The van der Waals surface area contributed by atoms with Crippen LogP contribution >= 0.6 is 0 Å². The Labute approximate surface area is 65.2 Å². The Bertz CT molecular complexity index is 387. The van der Waals surface area contributed by atoms with E-state index in [1.54, 1.807) is 0 Å². The van der Waals surface area contributed by atoms with E-state index in [1.165, 1.54) is 5.52 Å². The molecule has 0 spiro atoms. The van der Waals surface area contributed by atoms with Crippen LogP contribution in [0.4, 0.5) is 5.69 Å². The number of hydrogen-bond donors (Lipinski definition) is 1. The van der Waals surface area contributed by atoms with Gasteiger partial charge in [0.1, 0.15) is 0 Å². The average molecular weight is 146 g/mol. The molecule has 0 saturated heterocycles. The number of aryl methyl sites for hydroxylation is 1. The van der Waals surface area contributed by atoms with Crippen LogP contribution in [-0.4, -0.2) is 4.57 Å². The number of nitrogens with zero attached hydrogens (tertiary/aromatic N) is 1. The van der Waals surface area contributed by atoms with E-state index in [4.69, 9.17) is 5.73 Å². The smallest absolute Gasteiger partial charge is 0.0498 e. The summed E-state index contributed by atoms with van der Waals surface area (Å²) in [6.45, 7) is 0. The van der Waals surface area contributed by atoms with Crippen molar-refractivity contribution < 1.29 is 0 Å². The molecule has 2 heteroatoms. The Kier molecular flexibility index (Phi) is 1.15. The summed E-state index contributed by atoms with van der Waals surface area (Å²) in [5, 5.41) is 1.13. The summed E-state index contributed by atoms with van der Waals surface area (Å²) >= 11 is 0. The van der Waals surface area contributed by atoms with Crippen molar-refractivity contribution in [2.24, 2.45) is 7.05 Å². The summed E-state index contributed by atoms with van der Waals surface area (Å²) in [6.07, 6.45) is 2.01. The van der Waals surface area contributed by atoms with Crippen molar-refractivity contribution in [3.63, 3.8) is 0 Å². The number of fused-ring (bicyclic) bond motifs is 1. The standard InChI is InChI=1S/C9H10N2/c1-11-6-5-7-8(10)3-2-4-9(7)11/h2-6H,10H2,1H3. The molecule has 2 N–H and O–H groups in total. The van der Waals surface area contributed by atoms with E-state index in [0.717, 1.165) is 11.1 Å². The zero-order valence-corrected chi connectivity index (χ0v) is 6.41. The Morgan fingerprint density at radius 2 is 2.09 bits per heavy atom. The molecule has 2 rings (SSSR count). The molecule has 0 aliphatic rings. The fraction of sp³-hybridized carbons (Fsp3) is 0.111. The van der Waals surface area contributed by atoms with E-state index in [2.05, 4.69) is 10.6 Å². The number of nitrogen functional groups attached to an aromatic ring is 1. The van der Waals surface area contributed by atoms with Crippen LogP contribution in [0.15, 0.2) is 30.5 Å². The number of hydrogen-bond acceptors (Lipinski definition) is 1. The van der Waals surface area contributed by atoms with Crippen molar-refractivity contribution in [3.8, 4) is 0 Å². The molecule has 11 heavy (non-hydrogen) atoms. The second kappa shape index (κ2) is 2.02. The Morgan fingerprint density at radius 3 is 2.82 bits per heavy atom. The zero-order chi connectivity index (χ0) is 7.84. The van der Waals surface area contributed by atoms with Crippen molar-refractivity contribution in [2.75, 3.05) is 5.73 Å². The quantitative estimate of drug-likeness (QED) is 0.564. The number of benzene rings is 1. The molecule has 0 aliphatic carbocycles. The predicted molar refractivity (Wildman–Crippen MR) is 47.3 cm³/mol. The van der Waals surface area contributed by atoms with Crippen LogP contribution in [0.5, 0.6) is 0 Å². The summed E-state index contributed by atoms with van der Waals surface area (Å²) in [5.74, 6) is 0. The molecule has 2 aromatic rings. The maximum atomic E-state index is 5.76. The first kappa shape index (κ1) is 6.28. The Hall–Kier alpha value is -1.44. The van der Waals surface area contributed by atoms with E-state index < -0.39 is 0 Å². The molecule has 0 bridgehead atoms. The van der Waals surface area contributed by atoms with Gasteiger partial charge in [0.2, 0.25) is 0 Å². The number of aromatic nitrogens is 1. The topological polar surface area (TPSA) is 30.9 Å².